The van der Waals surface area contributed by atoms with Gasteiger partial charge in [0, 0.05) is 42.4 Å². The van der Waals surface area contributed by atoms with Crippen molar-refractivity contribution in [2.75, 3.05) is 12.8 Å². The number of nitriles is 1. The zero-order valence-electron chi connectivity index (χ0n) is 13.5. The molecule has 0 aliphatic heterocycles. The second-order valence-corrected chi connectivity index (χ2v) is 4.95. The third-order valence-electron chi connectivity index (χ3n) is 3.36. The fourth-order valence-electron chi connectivity index (χ4n) is 2.34. The summed E-state index contributed by atoms with van der Waals surface area (Å²) in [5.74, 6) is -4.18. The Morgan fingerprint density at radius 2 is 1.96 bits per heavy atom. The van der Waals surface area contributed by atoms with Gasteiger partial charge >= 0.3 is 0 Å². The van der Waals surface area contributed by atoms with E-state index in [4.69, 9.17) is 22.3 Å². The van der Waals surface area contributed by atoms with E-state index in [2.05, 4.69) is 0 Å². The van der Waals surface area contributed by atoms with Crippen LogP contribution < -0.4 is 10.5 Å². The first-order valence-corrected chi connectivity index (χ1v) is 6.85. The Bertz CT molecular complexity index is 937. The number of nitrogen functional groups attached to an aromatic ring is 1. The topological polar surface area (TPSA) is 79.3 Å². The monoisotopic (exact) mass is 583 g/mol. The number of halogens is 3. The maximum Gasteiger partial charge on any atom is 0.175 e. The average Bonchev–Trinajstić information content (AvgIpc) is 2.53. The Hall–Kier alpha value is -2.35. The third kappa shape index (κ3) is 4.24. The minimum Gasteiger partial charge on any atom is -0.547 e. The van der Waals surface area contributed by atoms with Crippen molar-refractivity contribution >= 4 is 11.3 Å². The molecule has 0 amide bonds. The molecular weight excluding hydrogens is 571 g/mol. The summed E-state index contributed by atoms with van der Waals surface area (Å²) in [7, 11) is 1.11. The fourth-order valence-corrected chi connectivity index (χ4v) is 2.34. The van der Waals surface area contributed by atoms with E-state index in [-0.39, 0.29) is 53.5 Å². The van der Waals surface area contributed by atoms with Crippen LogP contribution >= 0.6 is 0 Å². The molecule has 0 aromatic heterocycles. The Kier molecular flexibility index (Phi) is 7.38. The predicted octanol–water partition coefficient (Wildman–Crippen LogP) is 3.87. The molecule has 0 bridgehead atoms. The number of hydrogen-bond donors (Lipinski definition) is 2. The summed E-state index contributed by atoms with van der Waals surface area (Å²) in [6.07, 6.45) is 0.872. The van der Waals surface area contributed by atoms with Crippen LogP contribution in [0.5, 0.6) is 5.75 Å². The van der Waals surface area contributed by atoms with Crippen LogP contribution in [0.3, 0.4) is 0 Å². The molecule has 0 atom stereocenters. The number of ether oxygens (including phenoxy) is 1. The SMILES string of the molecule is [CH-]=C(O)/C=C(/c1ccc(F)cc1N)c1c(F)cc(C#N)c(OC)c1F.[U]. The average molecular weight is 583 g/mol. The number of hydrogen-bond acceptors (Lipinski definition) is 4. The number of aliphatic hydroxyl groups is 1. The van der Waals surface area contributed by atoms with Gasteiger partial charge in [0.05, 0.1) is 12.7 Å². The van der Waals surface area contributed by atoms with Gasteiger partial charge in [0.1, 0.15) is 17.7 Å². The summed E-state index contributed by atoms with van der Waals surface area (Å²) < 4.78 is 47.3. The molecule has 3 N–H and O–H groups in total. The van der Waals surface area contributed by atoms with E-state index in [1.165, 1.54) is 6.07 Å². The molecule has 4 nitrogen and oxygen atoms in total. The molecule has 132 valence electrons. The molecule has 2 aromatic carbocycles. The molecular formula is C18H12F3N2O2U-. The summed E-state index contributed by atoms with van der Waals surface area (Å²) in [5.41, 5.74) is 4.39. The van der Waals surface area contributed by atoms with Crippen molar-refractivity contribution < 1.29 is 54.1 Å². The van der Waals surface area contributed by atoms with Crippen molar-refractivity contribution in [1.82, 2.24) is 0 Å². The molecule has 0 radical (unpaired) electrons. The van der Waals surface area contributed by atoms with Gasteiger partial charge in [-0.1, -0.05) is 17.4 Å². The summed E-state index contributed by atoms with van der Waals surface area (Å²) in [4.78, 5) is 0. The minimum atomic E-state index is -1.18. The number of allylic oxidation sites excluding steroid dienone is 1. The van der Waals surface area contributed by atoms with Crippen LogP contribution in [-0.4, -0.2) is 12.2 Å². The van der Waals surface area contributed by atoms with Crippen LogP contribution in [0.25, 0.3) is 5.57 Å². The molecule has 2 rings (SSSR count). The zero-order chi connectivity index (χ0) is 18.7. The quantitative estimate of drug-likeness (QED) is 0.248. The molecule has 0 fully saturated rings. The number of methoxy groups -OCH3 is 1. The molecule has 0 spiro atoms. The molecule has 0 heterocycles. The van der Waals surface area contributed by atoms with Crippen LogP contribution in [0, 0.1) is 66.5 Å². The zero-order valence-corrected chi connectivity index (χ0v) is 17.6. The molecule has 26 heavy (non-hydrogen) atoms. The number of rotatable bonds is 4. The van der Waals surface area contributed by atoms with Crippen LogP contribution in [-0.2, 0) is 0 Å². The maximum atomic E-state index is 14.8. The molecule has 8 heteroatoms. The fraction of sp³-hybridized carbons (Fsp3) is 0.0556. The van der Waals surface area contributed by atoms with E-state index in [0.29, 0.717) is 0 Å². The summed E-state index contributed by atoms with van der Waals surface area (Å²) in [6, 6.07) is 5.56. The van der Waals surface area contributed by atoms with Gasteiger partial charge in [-0.2, -0.15) is 11.3 Å². The van der Waals surface area contributed by atoms with E-state index in [9.17, 15) is 18.3 Å². The van der Waals surface area contributed by atoms with E-state index in [1.807, 2.05) is 0 Å². The molecule has 0 aliphatic rings. The number of nitrogens with two attached hydrogens (primary N) is 1. The molecule has 0 saturated heterocycles. The first-order valence-electron chi connectivity index (χ1n) is 6.85. The van der Waals surface area contributed by atoms with Crippen molar-refractivity contribution in [3.63, 3.8) is 0 Å². The van der Waals surface area contributed by atoms with E-state index >= 15 is 0 Å². The van der Waals surface area contributed by atoms with Crippen molar-refractivity contribution in [3.05, 3.63) is 76.8 Å². The Balaban J connectivity index is 0.00000338. The molecule has 2 aromatic rings. The normalized spacial score (nSPS) is 10.7. The van der Waals surface area contributed by atoms with Gasteiger partial charge in [0.25, 0.3) is 0 Å². The Labute approximate surface area is 171 Å². The minimum absolute atomic E-state index is 0. The number of benzene rings is 2. The first kappa shape index (κ1) is 21.7. The summed E-state index contributed by atoms with van der Waals surface area (Å²) in [5, 5.41) is 18.3. The maximum absolute atomic E-state index is 14.8. The molecule has 0 unspecified atom stereocenters. The van der Waals surface area contributed by atoms with Crippen LogP contribution in [0.15, 0.2) is 36.1 Å². The molecule has 0 saturated carbocycles. The predicted molar refractivity (Wildman–Crippen MR) is 86.0 cm³/mol. The summed E-state index contributed by atoms with van der Waals surface area (Å²) >= 11 is 0. The van der Waals surface area contributed by atoms with Crippen LogP contribution in [0.2, 0.25) is 0 Å². The first-order chi connectivity index (χ1) is 11.8. The van der Waals surface area contributed by atoms with Crippen LogP contribution in [0.1, 0.15) is 16.7 Å². The van der Waals surface area contributed by atoms with Crippen LogP contribution in [0.4, 0.5) is 18.9 Å². The smallest absolute Gasteiger partial charge is 0.175 e. The van der Waals surface area contributed by atoms with E-state index < -0.39 is 34.5 Å². The van der Waals surface area contributed by atoms with E-state index in [1.54, 1.807) is 6.07 Å². The Morgan fingerprint density at radius 1 is 1.31 bits per heavy atom. The second kappa shape index (κ2) is 8.84. The summed E-state index contributed by atoms with van der Waals surface area (Å²) in [6.45, 7) is 5.23. The molecule has 0 aliphatic carbocycles. The van der Waals surface area contributed by atoms with Gasteiger partial charge in [-0.15, -0.1) is 0 Å². The standard InChI is InChI=1S/C18H12F3N2O2.U/c1-9(24)5-13(12-4-3-11(19)7-15(12)23)16-14(20)6-10(8-22)18(25-2)17(16)21;/h1,3-7,24H,23H2,2H3;/q-1;/b13-5-;. The number of nitrogens with zero attached hydrogens (tertiary/aromatic N) is 1. The van der Waals surface area contributed by atoms with Gasteiger partial charge < -0.3 is 15.6 Å². The van der Waals surface area contributed by atoms with Gasteiger partial charge in [0.2, 0.25) is 0 Å². The van der Waals surface area contributed by atoms with Crippen molar-refractivity contribution in [3.8, 4) is 11.8 Å². The van der Waals surface area contributed by atoms with Gasteiger partial charge in [-0.3, -0.25) is 0 Å². The number of aliphatic hydroxyl groups excluding tert-OH is 1. The number of anilines is 1. The third-order valence-corrected chi connectivity index (χ3v) is 3.36. The van der Waals surface area contributed by atoms with Gasteiger partial charge in [-0.05, 0) is 23.8 Å². The van der Waals surface area contributed by atoms with Crippen molar-refractivity contribution in [1.29, 1.82) is 5.26 Å². The van der Waals surface area contributed by atoms with Gasteiger partial charge in [0.15, 0.2) is 11.6 Å². The van der Waals surface area contributed by atoms with Gasteiger partial charge in [-0.25, -0.2) is 19.8 Å². The van der Waals surface area contributed by atoms with E-state index in [0.717, 1.165) is 31.4 Å². The van der Waals surface area contributed by atoms with Crippen molar-refractivity contribution in [2.24, 2.45) is 0 Å². The Morgan fingerprint density at radius 3 is 2.46 bits per heavy atom. The largest absolute Gasteiger partial charge is 0.547 e. The van der Waals surface area contributed by atoms with Crippen molar-refractivity contribution in [2.45, 2.75) is 0 Å². The second-order valence-electron chi connectivity index (χ2n) is 4.95.